The number of allylic oxidation sites excluding steroid dienone is 7. The highest BCUT2D eigenvalue weighted by atomic mass is 16.5. The summed E-state index contributed by atoms with van der Waals surface area (Å²) < 4.78 is 24.1. The van der Waals surface area contributed by atoms with Gasteiger partial charge in [-0.1, -0.05) is 128 Å². The Kier molecular flexibility index (Phi) is 15.1. The highest BCUT2D eigenvalue weighted by Gasteiger charge is 2.32. The smallest absolute Gasteiger partial charge is 0.119 e. The molecule has 2 unspecified atom stereocenters. The molecule has 0 aromatic heterocycles. The van der Waals surface area contributed by atoms with E-state index in [9.17, 15) is 0 Å². The third kappa shape index (κ3) is 11.8. The SMILES string of the molecule is C=CCC1=CC=C(COCCOC2C=CC(C(C)(Cc3ccc(OCCOCc4ccc(C=C)cc4)cc3)c3ccc(C(=C)C)c(C)c3)=CC2)CCC1. The molecule has 3 aromatic rings. The molecular formula is C49H58O4. The lowest BCUT2D eigenvalue weighted by atomic mass is 9.69. The lowest BCUT2D eigenvalue weighted by Crippen LogP contribution is -2.29. The molecule has 53 heavy (non-hydrogen) atoms. The molecule has 3 aromatic carbocycles. The molecule has 0 heterocycles. The van der Waals surface area contributed by atoms with Crippen molar-refractivity contribution in [1.82, 2.24) is 0 Å². The molecule has 0 bridgehead atoms. The number of hydrogen-bond acceptors (Lipinski definition) is 4. The van der Waals surface area contributed by atoms with E-state index in [0.29, 0.717) is 39.6 Å². The predicted molar refractivity (Wildman–Crippen MR) is 222 cm³/mol. The van der Waals surface area contributed by atoms with Crippen molar-refractivity contribution in [3.8, 4) is 5.75 Å². The van der Waals surface area contributed by atoms with Gasteiger partial charge >= 0.3 is 0 Å². The fraction of sp³-hybridized carbons (Fsp3) is 0.347. The average molecular weight is 711 g/mol. The van der Waals surface area contributed by atoms with Gasteiger partial charge in [-0.15, -0.1) is 6.58 Å². The Hall–Kier alpha value is -4.48. The van der Waals surface area contributed by atoms with Crippen LogP contribution in [0.25, 0.3) is 11.6 Å². The molecule has 0 amide bonds. The van der Waals surface area contributed by atoms with Crippen LogP contribution in [0.15, 0.2) is 140 Å². The first-order valence-corrected chi connectivity index (χ1v) is 19.1. The van der Waals surface area contributed by atoms with Crippen LogP contribution in [0.3, 0.4) is 0 Å². The Morgan fingerprint density at radius 3 is 2.26 bits per heavy atom. The number of rotatable bonds is 20. The van der Waals surface area contributed by atoms with E-state index in [1.165, 1.54) is 45.4 Å². The van der Waals surface area contributed by atoms with E-state index in [1.807, 2.05) is 24.3 Å². The summed E-state index contributed by atoms with van der Waals surface area (Å²) >= 11 is 0. The van der Waals surface area contributed by atoms with Crippen molar-refractivity contribution < 1.29 is 18.9 Å². The molecule has 0 fully saturated rings. The van der Waals surface area contributed by atoms with Gasteiger partial charge in [0.1, 0.15) is 12.4 Å². The molecule has 2 atom stereocenters. The number of benzene rings is 3. The second kappa shape index (κ2) is 20.1. The summed E-state index contributed by atoms with van der Waals surface area (Å²) in [6, 6.07) is 23.6. The maximum atomic E-state index is 6.25. The van der Waals surface area contributed by atoms with Gasteiger partial charge in [0, 0.05) is 5.41 Å². The summed E-state index contributed by atoms with van der Waals surface area (Å²) in [4.78, 5) is 0. The fourth-order valence-corrected chi connectivity index (χ4v) is 7.14. The molecule has 4 nitrogen and oxygen atoms in total. The Labute approximate surface area is 318 Å². The maximum Gasteiger partial charge on any atom is 0.119 e. The van der Waals surface area contributed by atoms with E-state index in [0.717, 1.165) is 54.6 Å². The Morgan fingerprint density at radius 2 is 1.57 bits per heavy atom. The minimum atomic E-state index is -0.241. The van der Waals surface area contributed by atoms with Gasteiger partial charge in [0.05, 0.1) is 39.1 Å². The van der Waals surface area contributed by atoms with Crippen LogP contribution in [0.1, 0.15) is 79.3 Å². The van der Waals surface area contributed by atoms with Gasteiger partial charge in [0.2, 0.25) is 0 Å². The summed E-state index contributed by atoms with van der Waals surface area (Å²) in [5, 5.41) is 0. The van der Waals surface area contributed by atoms with Crippen LogP contribution in [0.2, 0.25) is 0 Å². The molecular weight excluding hydrogens is 653 g/mol. The lowest BCUT2D eigenvalue weighted by Gasteiger charge is -2.35. The van der Waals surface area contributed by atoms with E-state index in [1.54, 1.807) is 0 Å². The maximum absolute atomic E-state index is 6.25. The van der Waals surface area contributed by atoms with Crippen LogP contribution >= 0.6 is 0 Å². The monoisotopic (exact) mass is 710 g/mol. The van der Waals surface area contributed by atoms with E-state index < -0.39 is 0 Å². The van der Waals surface area contributed by atoms with Crippen molar-refractivity contribution in [2.75, 3.05) is 33.0 Å². The predicted octanol–water partition coefficient (Wildman–Crippen LogP) is 11.7. The summed E-state index contributed by atoms with van der Waals surface area (Å²) in [7, 11) is 0. The quantitative estimate of drug-likeness (QED) is 0.0864. The molecule has 4 heteroatoms. The van der Waals surface area contributed by atoms with Crippen molar-refractivity contribution in [3.63, 3.8) is 0 Å². The van der Waals surface area contributed by atoms with Crippen LogP contribution in [-0.2, 0) is 32.7 Å². The van der Waals surface area contributed by atoms with Gasteiger partial charge in [-0.3, -0.25) is 0 Å². The summed E-state index contributed by atoms with van der Waals surface area (Å²) in [5.74, 6) is 0.845. The number of ether oxygens (including phenoxy) is 4. The van der Waals surface area contributed by atoms with Gasteiger partial charge in [-0.05, 0) is 109 Å². The molecule has 0 aliphatic heterocycles. The van der Waals surface area contributed by atoms with Crippen LogP contribution in [0.4, 0.5) is 0 Å². The fourth-order valence-electron chi connectivity index (χ4n) is 7.14. The molecule has 0 spiro atoms. The topological polar surface area (TPSA) is 36.9 Å². The van der Waals surface area contributed by atoms with Crippen LogP contribution in [0, 0.1) is 6.92 Å². The number of hydrogen-bond donors (Lipinski definition) is 0. The minimum Gasteiger partial charge on any atom is -0.491 e. The van der Waals surface area contributed by atoms with Gasteiger partial charge in [0.25, 0.3) is 0 Å². The van der Waals surface area contributed by atoms with Crippen molar-refractivity contribution in [2.45, 2.75) is 77.4 Å². The summed E-state index contributed by atoms with van der Waals surface area (Å²) in [6.45, 7) is 21.9. The van der Waals surface area contributed by atoms with Gasteiger partial charge in [-0.2, -0.15) is 0 Å². The average Bonchev–Trinajstić information content (AvgIpc) is 3.40. The van der Waals surface area contributed by atoms with Crippen molar-refractivity contribution >= 4 is 11.6 Å². The third-order valence-corrected chi connectivity index (χ3v) is 10.3. The molecule has 0 saturated carbocycles. The van der Waals surface area contributed by atoms with Crippen molar-refractivity contribution in [2.24, 2.45) is 0 Å². The van der Waals surface area contributed by atoms with Crippen LogP contribution in [0.5, 0.6) is 5.75 Å². The second-order valence-electron chi connectivity index (χ2n) is 14.5. The van der Waals surface area contributed by atoms with Gasteiger partial charge in [0.15, 0.2) is 0 Å². The van der Waals surface area contributed by atoms with Crippen LogP contribution < -0.4 is 4.74 Å². The lowest BCUT2D eigenvalue weighted by molar-refractivity contribution is 0.0294. The largest absolute Gasteiger partial charge is 0.491 e. The first kappa shape index (κ1) is 39.7. The molecule has 0 radical (unpaired) electrons. The first-order chi connectivity index (χ1) is 25.8. The Morgan fingerprint density at radius 1 is 0.849 bits per heavy atom. The zero-order valence-corrected chi connectivity index (χ0v) is 32.2. The highest BCUT2D eigenvalue weighted by Crippen LogP contribution is 2.40. The zero-order valence-electron chi connectivity index (χ0n) is 32.2. The second-order valence-corrected chi connectivity index (χ2v) is 14.5. The number of aryl methyl sites for hydroxylation is 1. The Bertz CT molecular complexity index is 1800. The normalized spacial score (nSPS) is 16.8. The van der Waals surface area contributed by atoms with Gasteiger partial charge < -0.3 is 18.9 Å². The molecule has 0 saturated heterocycles. The molecule has 0 N–H and O–H groups in total. The molecule has 2 aliphatic carbocycles. The van der Waals surface area contributed by atoms with E-state index >= 15 is 0 Å². The van der Waals surface area contributed by atoms with Crippen LogP contribution in [-0.4, -0.2) is 39.1 Å². The summed E-state index contributed by atoms with van der Waals surface area (Å²) in [5.41, 5.74) is 12.2. The zero-order chi connectivity index (χ0) is 37.5. The summed E-state index contributed by atoms with van der Waals surface area (Å²) in [6.07, 6.45) is 21.3. The molecule has 2 aliphatic rings. The van der Waals surface area contributed by atoms with Crippen molar-refractivity contribution in [1.29, 1.82) is 0 Å². The third-order valence-electron chi connectivity index (χ3n) is 10.3. The first-order valence-electron chi connectivity index (χ1n) is 19.1. The highest BCUT2D eigenvalue weighted by molar-refractivity contribution is 5.65. The molecule has 278 valence electrons. The van der Waals surface area contributed by atoms with E-state index in [2.05, 4.69) is 125 Å². The van der Waals surface area contributed by atoms with Crippen molar-refractivity contribution in [3.05, 3.63) is 173 Å². The van der Waals surface area contributed by atoms with E-state index in [-0.39, 0.29) is 11.5 Å². The minimum absolute atomic E-state index is 0.0406. The standard InChI is InChI=1S/C49H58O4/c1-7-10-40-11-9-12-42(18-15-40)35-50-29-32-53-47-26-21-44(22-27-47)49(6,45-23-28-48(37(3)4)38(5)33-45)34-41-19-24-46(25-20-41)52-31-30-51-36-43-16-13-39(8-2)14-17-43/h7-8,13-26,28,33,47H,1-3,9-12,27,29-32,34-36H2,4-6H3. The molecule has 5 rings (SSSR count). The van der Waals surface area contributed by atoms with E-state index in [4.69, 9.17) is 18.9 Å². The Balaban J connectivity index is 1.15. The van der Waals surface area contributed by atoms with Gasteiger partial charge in [-0.25, -0.2) is 0 Å².